The second-order valence-corrected chi connectivity index (χ2v) is 6.04. The van der Waals surface area contributed by atoms with Gasteiger partial charge < -0.3 is 0 Å². The summed E-state index contributed by atoms with van der Waals surface area (Å²) in [5, 5.41) is 8.77. The number of hydrogen-bond acceptors (Lipinski definition) is 3. The molecular weight excluding hydrogens is 229 g/mol. The number of halogens is 1. The molecule has 1 rings (SSSR count). The van der Waals surface area contributed by atoms with Crippen molar-refractivity contribution in [2.75, 3.05) is 5.75 Å². The normalized spacial score (nSPS) is 12.1. The second kappa shape index (κ2) is 4.22. The van der Waals surface area contributed by atoms with E-state index in [-0.39, 0.29) is 10.5 Å². The Morgan fingerprint density at radius 2 is 1.94 bits per heavy atom. The molecule has 1 aromatic rings. The average Bonchev–Trinajstić information content (AvgIpc) is 2.14. The highest BCUT2D eigenvalue weighted by atomic mass is 32.2. The van der Waals surface area contributed by atoms with Crippen LogP contribution in [0.4, 0.5) is 4.39 Å². The summed E-state index contributed by atoms with van der Waals surface area (Å²) in [6, 6.07) is 7.59. The molecule has 16 heavy (non-hydrogen) atoms. The molecule has 3 nitrogen and oxygen atoms in total. The summed E-state index contributed by atoms with van der Waals surface area (Å²) in [7, 11) is -3.76. The molecule has 0 heterocycles. The van der Waals surface area contributed by atoms with Crippen LogP contribution in [0.2, 0.25) is 0 Å². The molecule has 0 saturated heterocycles. The Labute approximate surface area is 94.4 Å². The molecule has 1 aromatic carbocycles. The number of alkyl halides is 1. The Bertz CT molecular complexity index is 524. The van der Waals surface area contributed by atoms with Crippen molar-refractivity contribution in [3.8, 4) is 6.07 Å². The van der Waals surface area contributed by atoms with E-state index in [0.717, 1.165) is 0 Å². The largest absolute Gasteiger partial charge is 0.243 e. The minimum Gasteiger partial charge on any atom is -0.243 e. The van der Waals surface area contributed by atoms with Crippen molar-refractivity contribution in [3.63, 3.8) is 0 Å². The number of rotatable bonds is 3. The van der Waals surface area contributed by atoms with Crippen molar-refractivity contribution in [3.05, 3.63) is 29.8 Å². The van der Waals surface area contributed by atoms with Crippen molar-refractivity contribution in [2.24, 2.45) is 0 Å². The quantitative estimate of drug-likeness (QED) is 0.814. The van der Waals surface area contributed by atoms with Gasteiger partial charge in [0, 0.05) is 0 Å². The van der Waals surface area contributed by atoms with Crippen LogP contribution in [0.5, 0.6) is 0 Å². The molecule has 86 valence electrons. The van der Waals surface area contributed by atoms with E-state index in [1.54, 1.807) is 12.1 Å². The summed E-state index contributed by atoms with van der Waals surface area (Å²) >= 11 is 0. The lowest BCUT2D eigenvalue weighted by Gasteiger charge is -2.14. The molecule has 0 aromatic heterocycles. The van der Waals surface area contributed by atoms with Gasteiger partial charge in [0.05, 0.1) is 16.2 Å². The first-order valence-electron chi connectivity index (χ1n) is 4.67. The van der Waals surface area contributed by atoms with E-state index in [4.69, 9.17) is 5.26 Å². The van der Waals surface area contributed by atoms with E-state index in [0.29, 0.717) is 0 Å². The minimum absolute atomic E-state index is 0.0479. The van der Waals surface area contributed by atoms with Crippen LogP contribution in [-0.2, 0) is 9.84 Å². The van der Waals surface area contributed by atoms with Gasteiger partial charge in [-0.1, -0.05) is 12.1 Å². The third kappa shape index (κ3) is 3.04. The van der Waals surface area contributed by atoms with E-state index in [2.05, 4.69) is 0 Å². The SMILES string of the molecule is CC(C)(F)CS(=O)(=O)c1ccccc1C#N. The maximum Gasteiger partial charge on any atom is 0.182 e. The molecule has 0 aliphatic carbocycles. The van der Waals surface area contributed by atoms with Crippen LogP contribution in [0.15, 0.2) is 29.2 Å². The summed E-state index contributed by atoms with van der Waals surface area (Å²) < 4.78 is 37.0. The summed E-state index contributed by atoms with van der Waals surface area (Å²) in [5.41, 5.74) is -1.77. The lowest BCUT2D eigenvalue weighted by atomic mass is 10.2. The fourth-order valence-electron chi connectivity index (χ4n) is 1.36. The zero-order valence-corrected chi connectivity index (χ0v) is 9.88. The van der Waals surface area contributed by atoms with Crippen LogP contribution in [0.25, 0.3) is 0 Å². The Balaban J connectivity index is 3.24. The van der Waals surface area contributed by atoms with Gasteiger partial charge in [-0.2, -0.15) is 5.26 Å². The highest BCUT2D eigenvalue weighted by molar-refractivity contribution is 7.91. The summed E-state index contributed by atoms with van der Waals surface area (Å²) in [6.45, 7) is 2.39. The molecule has 0 spiro atoms. The maximum absolute atomic E-state index is 13.3. The van der Waals surface area contributed by atoms with Gasteiger partial charge in [0.25, 0.3) is 0 Å². The van der Waals surface area contributed by atoms with Crippen LogP contribution < -0.4 is 0 Å². The van der Waals surface area contributed by atoms with Gasteiger partial charge in [-0.15, -0.1) is 0 Å². The third-order valence-electron chi connectivity index (χ3n) is 1.88. The monoisotopic (exact) mass is 241 g/mol. The van der Waals surface area contributed by atoms with Crippen molar-refractivity contribution in [1.29, 1.82) is 5.26 Å². The molecule has 0 N–H and O–H groups in total. The van der Waals surface area contributed by atoms with Crippen molar-refractivity contribution in [2.45, 2.75) is 24.4 Å². The molecule has 0 amide bonds. The zero-order chi connectivity index (χ0) is 12.4. The fraction of sp³-hybridized carbons (Fsp3) is 0.364. The number of nitrogens with zero attached hydrogens (tertiary/aromatic N) is 1. The highest BCUT2D eigenvalue weighted by Crippen LogP contribution is 2.21. The van der Waals surface area contributed by atoms with Gasteiger partial charge in [-0.3, -0.25) is 0 Å². The van der Waals surface area contributed by atoms with E-state index in [1.807, 2.05) is 0 Å². The molecule has 0 unspecified atom stereocenters. The molecule has 0 aliphatic heterocycles. The predicted octanol–water partition coefficient (Wildman–Crippen LogP) is 2.08. The average molecular weight is 241 g/mol. The zero-order valence-electron chi connectivity index (χ0n) is 9.07. The van der Waals surface area contributed by atoms with Gasteiger partial charge in [0.1, 0.15) is 11.7 Å². The Hall–Kier alpha value is -1.41. The molecular formula is C11H12FNO2S. The van der Waals surface area contributed by atoms with E-state index in [1.165, 1.54) is 32.0 Å². The topological polar surface area (TPSA) is 57.9 Å². The van der Waals surface area contributed by atoms with Crippen LogP contribution in [-0.4, -0.2) is 19.8 Å². The fourth-order valence-corrected chi connectivity index (χ4v) is 3.15. The van der Waals surface area contributed by atoms with Gasteiger partial charge in [-0.05, 0) is 26.0 Å². The van der Waals surface area contributed by atoms with E-state index >= 15 is 0 Å². The molecule has 0 atom stereocenters. The van der Waals surface area contributed by atoms with E-state index in [9.17, 15) is 12.8 Å². The molecule has 0 fully saturated rings. The molecule has 5 heteroatoms. The van der Waals surface area contributed by atoms with Crippen molar-refractivity contribution >= 4 is 9.84 Å². The Morgan fingerprint density at radius 3 is 2.44 bits per heavy atom. The molecule has 0 bridgehead atoms. The van der Waals surface area contributed by atoms with Gasteiger partial charge in [0.2, 0.25) is 0 Å². The molecule has 0 aliphatic rings. The lowest BCUT2D eigenvalue weighted by Crippen LogP contribution is -2.26. The number of sulfone groups is 1. The highest BCUT2D eigenvalue weighted by Gasteiger charge is 2.28. The summed E-state index contributed by atoms with van der Waals surface area (Å²) in [5.74, 6) is -0.626. The third-order valence-corrected chi connectivity index (χ3v) is 3.97. The maximum atomic E-state index is 13.3. The van der Waals surface area contributed by atoms with Crippen LogP contribution in [0.1, 0.15) is 19.4 Å². The standard InChI is InChI=1S/C11H12FNO2S/c1-11(2,12)8-16(14,15)10-6-4-3-5-9(10)7-13/h3-6H,8H2,1-2H3. The summed E-state index contributed by atoms with van der Waals surface area (Å²) in [4.78, 5) is -0.108. The Morgan fingerprint density at radius 1 is 1.38 bits per heavy atom. The van der Waals surface area contributed by atoms with Crippen molar-refractivity contribution < 1.29 is 12.8 Å². The minimum atomic E-state index is -3.76. The molecule has 0 radical (unpaired) electrons. The number of nitriles is 1. The first-order valence-corrected chi connectivity index (χ1v) is 6.32. The first-order chi connectivity index (χ1) is 7.26. The lowest BCUT2D eigenvalue weighted by molar-refractivity contribution is 0.249. The van der Waals surface area contributed by atoms with Gasteiger partial charge in [0.15, 0.2) is 9.84 Å². The molecule has 0 saturated carbocycles. The van der Waals surface area contributed by atoms with Gasteiger partial charge >= 0.3 is 0 Å². The number of benzene rings is 1. The Kier molecular flexibility index (Phi) is 3.34. The van der Waals surface area contributed by atoms with Crippen molar-refractivity contribution in [1.82, 2.24) is 0 Å². The second-order valence-electron chi connectivity index (χ2n) is 4.09. The van der Waals surface area contributed by atoms with Crippen LogP contribution in [0, 0.1) is 11.3 Å². The first kappa shape index (κ1) is 12.7. The van der Waals surface area contributed by atoms with Gasteiger partial charge in [-0.25, -0.2) is 12.8 Å². The van der Waals surface area contributed by atoms with Crippen LogP contribution in [0.3, 0.4) is 0 Å². The van der Waals surface area contributed by atoms with E-state index < -0.39 is 21.3 Å². The van der Waals surface area contributed by atoms with Crippen LogP contribution >= 0.6 is 0 Å². The smallest absolute Gasteiger partial charge is 0.182 e. The number of hydrogen-bond donors (Lipinski definition) is 0. The summed E-state index contributed by atoms with van der Waals surface area (Å²) in [6.07, 6.45) is 0. The predicted molar refractivity (Wildman–Crippen MR) is 58.4 cm³/mol.